The van der Waals surface area contributed by atoms with Crippen molar-refractivity contribution < 1.29 is 4.79 Å². The average Bonchev–Trinajstić information content (AvgIpc) is 2.64. The van der Waals surface area contributed by atoms with Gasteiger partial charge in [0.15, 0.2) is 0 Å². The van der Waals surface area contributed by atoms with E-state index >= 15 is 0 Å². The molecule has 0 spiro atoms. The van der Waals surface area contributed by atoms with E-state index < -0.39 is 0 Å². The van der Waals surface area contributed by atoms with Crippen LogP contribution in [-0.4, -0.2) is 62.0 Å². The molecule has 1 heterocycles. The lowest BCUT2D eigenvalue weighted by atomic mass is 10.0. The van der Waals surface area contributed by atoms with Crippen molar-refractivity contribution in [2.45, 2.75) is 0 Å². The zero-order valence-corrected chi connectivity index (χ0v) is 14.2. The number of carbonyl (C=O) groups excluding carboxylic acids is 1. The Morgan fingerprint density at radius 2 is 1.54 bits per heavy atom. The molecule has 1 fully saturated rings. The van der Waals surface area contributed by atoms with Gasteiger partial charge >= 0.3 is 0 Å². The number of hydrogen-bond donors (Lipinski definition) is 1. The standard InChI is InChI=1S/C20H25N3O/c1-22-13-15-23(16-14-22)12-11-21-20(24)19-9-7-18(8-10-19)17-5-3-2-4-6-17/h2-10H,11-16H2,1H3,(H,21,24). The van der Waals surface area contributed by atoms with Crippen LogP contribution in [0.3, 0.4) is 0 Å². The van der Waals surface area contributed by atoms with Gasteiger partial charge in [-0.2, -0.15) is 0 Å². The van der Waals surface area contributed by atoms with Crippen LogP contribution in [0.15, 0.2) is 54.6 Å². The summed E-state index contributed by atoms with van der Waals surface area (Å²) in [7, 11) is 2.15. The van der Waals surface area contributed by atoms with Gasteiger partial charge in [0, 0.05) is 44.8 Å². The van der Waals surface area contributed by atoms with E-state index in [9.17, 15) is 4.79 Å². The fraction of sp³-hybridized carbons (Fsp3) is 0.350. The molecule has 24 heavy (non-hydrogen) atoms. The first-order valence-corrected chi connectivity index (χ1v) is 8.57. The number of nitrogens with one attached hydrogen (secondary N) is 1. The second-order valence-electron chi connectivity index (χ2n) is 6.34. The zero-order valence-electron chi connectivity index (χ0n) is 14.2. The predicted octanol–water partition coefficient (Wildman–Crippen LogP) is 2.33. The number of hydrogen-bond acceptors (Lipinski definition) is 3. The van der Waals surface area contributed by atoms with Crippen LogP contribution in [-0.2, 0) is 0 Å². The Hall–Kier alpha value is -2.17. The third-order valence-electron chi connectivity index (χ3n) is 4.56. The molecule has 2 aromatic carbocycles. The van der Waals surface area contributed by atoms with Gasteiger partial charge in [0.1, 0.15) is 0 Å². The van der Waals surface area contributed by atoms with Crippen LogP contribution in [0.25, 0.3) is 11.1 Å². The van der Waals surface area contributed by atoms with Gasteiger partial charge in [-0.15, -0.1) is 0 Å². The van der Waals surface area contributed by atoms with Gasteiger partial charge in [-0.05, 0) is 30.3 Å². The first-order chi connectivity index (χ1) is 11.7. The number of likely N-dealkylation sites (N-methyl/N-ethyl adjacent to an activating group) is 1. The predicted molar refractivity (Wildman–Crippen MR) is 98.1 cm³/mol. The Morgan fingerprint density at radius 3 is 2.21 bits per heavy atom. The number of nitrogens with zero attached hydrogens (tertiary/aromatic N) is 2. The maximum atomic E-state index is 12.2. The van der Waals surface area contributed by atoms with Crippen molar-refractivity contribution in [3.05, 3.63) is 60.2 Å². The smallest absolute Gasteiger partial charge is 0.251 e. The van der Waals surface area contributed by atoms with Crippen molar-refractivity contribution in [2.75, 3.05) is 46.3 Å². The Balaban J connectivity index is 1.48. The average molecular weight is 323 g/mol. The Labute approximate surface area is 144 Å². The van der Waals surface area contributed by atoms with Crippen molar-refractivity contribution >= 4 is 5.91 Å². The van der Waals surface area contributed by atoms with E-state index in [4.69, 9.17) is 0 Å². The first-order valence-electron chi connectivity index (χ1n) is 8.57. The second-order valence-corrected chi connectivity index (χ2v) is 6.34. The summed E-state index contributed by atoms with van der Waals surface area (Å²) in [6, 6.07) is 18.0. The summed E-state index contributed by atoms with van der Waals surface area (Å²) in [6.07, 6.45) is 0. The summed E-state index contributed by atoms with van der Waals surface area (Å²) in [5.74, 6) is 0.00346. The third kappa shape index (κ3) is 4.43. The number of amides is 1. The second kappa shape index (κ2) is 8.08. The molecule has 1 aliphatic rings. The Kier molecular flexibility index (Phi) is 5.62. The quantitative estimate of drug-likeness (QED) is 0.917. The molecule has 0 saturated carbocycles. The fourth-order valence-corrected chi connectivity index (χ4v) is 2.95. The van der Waals surface area contributed by atoms with E-state index in [1.54, 1.807) is 0 Å². The lowest BCUT2D eigenvalue weighted by molar-refractivity contribution is 0.0941. The largest absolute Gasteiger partial charge is 0.351 e. The highest BCUT2D eigenvalue weighted by Gasteiger charge is 2.13. The summed E-state index contributed by atoms with van der Waals surface area (Å²) in [4.78, 5) is 17.0. The molecule has 0 aromatic heterocycles. The summed E-state index contributed by atoms with van der Waals surface area (Å²) in [6.45, 7) is 5.99. The molecule has 4 nitrogen and oxygen atoms in total. The topological polar surface area (TPSA) is 35.6 Å². The van der Waals surface area contributed by atoms with E-state index in [0.29, 0.717) is 12.1 Å². The molecule has 1 amide bonds. The normalized spacial score (nSPS) is 16.0. The van der Waals surface area contributed by atoms with Gasteiger partial charge < -0.3 is 10.2 Å². The third-order valence-corrected chi connectivity index (χ3v) is 4.56. The highest BCUT2D eigenvalue weighted by atomic mass is 16.1. The monoisotopic (exact) mass is 323 g/mol. The molecule has 0 unspecified atom stereocenters. The van der Waals surface area contributed by atoms with Crippen LogP contribution in [0.4, 0.5) is 0 Å². The molecule has 0 atom stereocenters. The molecule has 1 aliphatic heterocycles. The maximum Gasteiger partial charge on any atom is 0.251 e. The molecule has 4 heteroatoms. The molecule has 0 radical (unpaired) electrons. The minimum atomic E-state index is 0.00346. The number of benzene rings is 2. The Bertz CT molecular complexity index is 646. The molecule has 1 saturated heterocycles. The van der Waals surface area contributed by atoms with Crippen molar-refractivity contribution in [1.82, 2.24) is 15.1 Å². The van der Waals surface area contributed by atoms with Crippen LogP contribution >= 0.6 is 0 Å². The summed E-state index contributed by atoms with van der Waals surface area (Å²) >= 11 is 0. The molecule has 126 valence electrons. The van der Waals surface area contributed by atoms with E-state index in [1.165, 1.54) is 5.56 Å². The van der Waals surface area contributed by atoms with Crippen molar-refractivity contribution in [1.29, 1.82) is 0 Å². The van der Waals surface area contributed by atoms with Crippen LogP contribution in [0.2, 0.25) is 0 Å². The number of piperazine rings is 1. The SMILES string of the molecule is CN1CCN(CCNC(=O)c2ccc(-c3ccccc3)cc2)CC1. The molecular weight excluding hydrogens is 298 g/mol. The van der Waals surface area contributed by atoms with Gasteiger partial charge in [0.25, 0.3) is 5.91 Å². The molecule has 3 rings (SSSR count). The summed E-state index contributed by atoms with van der Waals surface area (Å²) in [5.41, 5.74) is 3.01. The van der Waals surface area contributed by atoms with E-state index in [1.807, 2.05) is 42.5 Å². The molecule has 1 N–H and O–H groups in total. The highest BCUT2D eigenvalue weighted by Crippen LogP contribution is 2.19. The lowest BCUT2D eigenvalue weighted by Gasteiger charge is -2.32. The Morgan fingerprint density at radius 1 is 0.917 bits per heavy atom. The van der Waals surface area contributed by atoms with E-state index in [-0.39, 0.29) is 5.91 Å². The van der Waals surface area contributed by atoms with Gasteiger partial charge in [-0.25, -0.2) is 0 Å². The van der Waals surface area contributed by atoms with E-state index in [0.717, 1.165) is 38.3 Å². The number of carbonyl (C=O) groups is 1. The van der Waals surface area contributed by atoms with E-state index in [2.05, 4.69) is 34.3 Å². The van der Waals surface area contributed by atoms with Gasteiger partial charge in [-0.3, -0.25) is 9.69 Å². The summed E-state index contributed by atoms with van der Waals surface area (Å²) < 4.78 is 0. The van der Waals surface area contributed by atoms with Crippen molar-refractivity contribution in [3.63, 3.8) is 0 Å². The first kappa shape index (κ1) is 16.7. The van der Waals surface area contributed by atoms with Gasteiger partial charge in [0.2, 0.25) is 0 Å². The van der Waals surface area contributed by atoms with Crippen molar-refractivity contribution in [3.8, 4) is 11.1 Å². The van der Waals surface area contributed by atoms with Crippen LogP contribution < -0.4 is 5.32 Å². The highest BCUT2D eigenvalue weighted by molar-refractivity contribution is 5.94. The van der Waals surface area contributed by atoms with Crippen molar-refractivity contribution in [2.24, 2.45) is 0 Å². The molecular formula is C20H25N3O. The van der Waals surface area contributed by atoms with Gasteiger partial charge in [-0.1, -0.05) is 42.5 Å². The van der Waals surface area contributed by atoms with Gasteiger partial charge in [0.05, 0.1) is 0 Å². The maximum absolute atomic E-state index is 12.2. The summed E-state index contributed by atoms with van der Waals surface area (Å²) in [5, 5.41) is 3.02. The minimum absolute atomic E-state index is 0.00346. The minimum Gasteiger partial charge on any atom is -0.351 e. The van der Waals surface area contributed by atoms with Crippen LogP contribution in [0.5, 0.6) is 0 Å². The number of rotatable bonds is 5. The molecule has 2 aromatic rings. The zero-order chi connectivity index (χ0) is 16.8. The van der Waals surface area contributed by atoms with Crippen LogP contribution in [0.1, 0.15) is 10.4 Å². The lowest BCUT2D eigenvalue weighted by Crippen LogP contribution is -2.46. The molecule has 0 bridgehead atoms. The fourth-order valence-electron chi connectivity index (χ4n) is 2.95. The van der Waals surface area contributed by atoms with Crippen LogP contribution in [0, 0.1) is 0 Å². The molecule has 0 aliphatic carbocycles.